The van der Waals surface area contributed by atoms with Crippen molar-refractivity contribution in [3.8, 4) is 17.0 Å². The highest BCUT2D eigenvalue weighted by Gasteiger charge is 2.28. The lowest BCUT2D eigenvalue weighted by Crippen LogP contribution is -2.15. The van der Waals surface area contributed by atoms with Gasteiger partial charge in [0.1, 0.15) is 21.3 Å². The molecule has 34 heavy (non-hydrogen) atoms. The van der Waals surface area contributed by atoms with E-state index in [4.69, 9.17) is 9.47 Å². The molecule has 2 N–H and O–H groups in total. The van der Waals surface area contributed by atoms with Gasteiger partial charge in [-0.3, -0.25) is 9.89 Å². The van der Waals surface area contributed by atoms with E-state index < -0.39 is 24.5 Å². The summed E-state index contributed by atoms with van der Waals surface area (Å²) in [7, 11) is 0. The van der Waals surface area contributed by atoms with Crippen molar-refractivity contribution >= 4 is 34.2 Å². The van der Waals surface area contributed by atoms with Gasteiger partial charge in [0.25, 0.3) is 5.91 Å². The fraction of sp³-hybridized carbons (Fsp3) is 0.273. The molecule has 0 atom stereocenters. The van der Waals surface area contributed by atoms with Crippen LogP contribution in [0, 0.1) is 6.92 Å². The molecule has 12 heteroatoms. The van der Waals surface area contributed by atoms with Gasteiger partial charge in [0, 0.05) is 5.56 Å². The van der Waals surface area contributed by atoms with Crippen LogP contribution in [0.15, 0.2) is 30.3 Å². The summed E-state index contributed by atoms with van der Waals surface area (Å²) in [6.45, 7) is 2.20. The molecule has 1 amide bonds. The normalized spacial score (nSPS) is 10.8. The predicted octanol–water partition coefficient (Wildman–Crippen LogP) is 4.65. The molecule has 3 rings (SSSR count). The Labute approximate surface area is 197 Å². The molecule has 9 nitrogen and oxygen atoms in total. The number of nitrogens with zero attached hydrogens (tertiary/aromatic N) is 1. The van der Waals surface area contributed by atoms with Gasteiger partial charge < -0.3 is 19.5 Å². The van der Waals surface area contributed by atoms with E-state index in [1.54, 1.807) is 20.8 Å². The number of amides is 1. The number of hydrogen-bond acceptors (Lipinski definition) is 8. The Balaban J connectivity index is 1.84. The lowest BCUT2D eigenvalue weighted by Gasteiger charge is -2.06. The second-order valence-corrected chi connectivity index (χ2v) is 7.75. The number of ether oxygens (including phenoxy) is 3. The Morgan fingerprint density at radius 3 is 2.35 bits per heavy atom. The largest absolute Gasteiger partial charge is 0.462 e. The van der Waals surface area contributed by atoms with Crippen LogP contribution in [0.5, 0.6) is 5.75 Å². The van der Waals surface area contributed by atoms with Crippen molar-refractivity contribution in [1.29, 1.82) is 0 Å². The monoisotopic (exact) mass is 493 g/mol. The van der Waals surface area contributed by atoms with Crippen molar-refractivity contribution in [2.45, 2.75) is 27.4 Å². The number of benzene rings is 1. The standard InChI is InChI=1S/C22H21F2N3O6S/c1-4-31-20(29)16-11(3)17(21(30)32-5-2)34-19(16)25-18(28)15-10-14(26-27-15)12-6-8-13(9-7-12)33-22(23)24/h6-10,22H,4-5H2,1-3H3,(H,25,28)(H,26,27). The molecule has 0 fully saturated rings. The van der Waals surface area contributed by atoms with Crippen LogP contribution in [0.1, 0.15) is 49.9 Å². The maximum absolute atomic E-state index is 12.8. The number of esters is 2. The molecule has 0 aliphatic carbocycles. The summed E-state index contributed by atoms with van der Waals surface area (Å²) in [5, 5.41) is 9.41. The number of nitrogens with one attached hydrogen (secondary N) is 2. The third-order valence-corrected chi connectivity index (χ3v) is 5.70. The summed E-state index contributed by atoms with van der Waals surface area (Å²) in [6, 6.07) is 7.19. The van der Waals surface area contributed by atoms with Crippen LogP contribution < -0.4 is 10.1 Å². The van der Waals surface area contributed by atoms with Gasteiger partial charge in [-0.25, -0.2) is 9.59 Å². The van der Waals surface area contributed by atoms with E-state index in [0.717, 1.165) is 11.3 Å². The molecule has 3 aromatic rings. The molecule has 2 aromatic heterocycles. The fourth-order valence-corrected chi connectivity index (χ4v) is 4.09. The zero-order chi connectivity index (χ0) is 24.8. The molecule has 0 bridgehead atoms. The Hall–Kier alpha value is -3.80. The first-order chi connectivity index (χ1) is 16.2. The molecule has 0 unspecified atom stereocenters. The number of rotatable bonds is 9. The van der Waals surface area contributed by atoms with E-state index in [9.17, 15) is 23.2 Å². The van der Waals surface area contributed by atoms with E-state index in [1.807, 2.05) is 0 Å². The van der Waals surface area contributed by atoms with Crippen molar-refractivity contribution in [2.75, 3.05) is 18.5 Å². The van der Waals surface area contributed by atoms with Gasteiger partial charge >= 0.3 is 18.6 Å². The van der Waals surface area contributed by atoms with E-state index in [1.165, 1.54) is 30.3 Å². The van der Waals surface area contributed by atoms with Crippen LogP contribution in [0.3, 0.4) is 0 Å². The second-order valence-electron chi connectivity index (χ2n) is 6.73. The molecular formula is C22H21F2N3O6S. The molecule has 0 saturated heterocycles. The molecule has 0 radical (unpaired) electrons. The number of carbonyl (C=O) groups is 3. The lowest BCUT2D eigenvalue weighted by atomic mass is 10.1. The predicted molar refractivity (Wildman–Crippen MR) is 120 cm³/mol. The van der Waals surface area contributed by atoms with Crippen LogP contribution in [0.2, 0.25) is 0 Å². The number of halogens is 2. The maximum Gasteiger partial charge on any atom is 0.387 e. The number of thiophene rings is 1. The van der Waals surface area contributed by atoms with E-state index in [0.29, 0.717) is 16.8 Å². The highest BCUT2D eigenvalue weighted by atomic mass is 32.1. The Bertz CT molecular complexity index is 1190. The Morgan fingerprint density at radius 2 is 1.74 bits per heavy atom. The quantitative estimate of drug-likeness (QED) is 0.416. The molecule has 0 aliphatic rings. The van der Waals surface area contributed by atoms with Gasteiger partial charge in [0.2, 0.25) is 0 Å². The topological polar surface area (TPSA) is 120 Å². The first kappa shape index (κ1) is 24.8. The minimum Gasteiger partial charge on any atom is -0.462 e. The molecule has 0 spiro atoms. The summed E-state index contributed by atoms with van der Waals surface area (Å²) < 4.78 is 39.0. The minimum atomic E-state index is -2.93. The summed E-state index contributed by atoms with van der Waals surface area (Å²) in [5.41, 5.74) is 1.42. The zero-order valence-electron chi connectivity index (χ0n) is 18.4. The highest BCUT2D eigenvalue weighted by molar-refractivity contribution is 7.18. The zero-order valence-corrected chi connectivity index (χ0v) is 19.3. The van der Waals surface area contributed by atoms with Crippen LogP contribution >= 0.6 is 11.3 Å². The molecular weight excluding hydrogens is 472 g/mol. The van der Waals surface area contributed by atoms with Gasteiger partial charge in [-0.2, -0.15) is 13.9 Å². The minimum absolute atomic E-state index is 0.00999. The van der Waals surface area contributed by atoms with Crippen LogP contribution in [-0.2, 0) is 9.47 Å². The van der Waals surface area contributed by atoms with E-state index >= 15 is 0 Å². The van der Waals surface area contributed by atoms with Crippen molar-refractivity contribution in [2.24, 2.45) is 0 Å². The molecule has 0 saturated carbocycles. The second kappa shape index (κ2) is 10.9. The van der Waals surface area contributed by atoms with E-state index in [-0.39, 0.29) is 40.1 Å². The SMILES string of the molecule is CCOC(=O)c1sc(NC(=O)c2cc(-c3ccc(OC(F)F)cc3)n[nH]2)c(C(=O)OCC)c1C. The summed E-state index contributed by atoms with van der Waals surface area (Å²) in [5.74, 6) is -1.92. The van der Waals surface area contributed by atoms with Crippen LogP contribution in [-0.4, -0.2) is 47.9 Å². The van der Waals surface area contributed by atoms with Gasteiger partial charge in [-0.05, 0) is 56.7 Å². The lowest BCUT2D eigenvalue weighted by molar-refractivity contribution is -0.0498. The smallest absolute Gasteiger partial charge is 0.387 e. The first-order valence-electron chi connectivity index (χ1n) is 10.1. The van der Waals surface area contributed by atoms with Gasteiger partial charge in [0.05, 0.1) is 24.5 Å². The third-order valence-electron chi connectivity index (χ3n) is 4.51. The van der Waals surface area contributed by atoms with Gasteiger partial charge in [-0.15, -0.1) is 11.3 Å². The van der Waals surface area contributed by atoms with Gasteiger partial charge in [0.15, 0.2) is 0 Å². The number of alkyl halides is 2. The molecule has 2 heterocycles. The van der Waals surface area contributed by atoms with Crippen LogP contribution in [0.25, 0.3) is 11.3 Å². The number of anilines is 1. The third kappa shape index (κ3) is 5.57. The number of carbonyl (C=O) groups excluding carboxylic acids is 3. The average Bonchev–Trinajstić information content (AvgIpc) is 3.39. The Kier molecular flexibility index (Phi) is 7.95. The van der Waals surface area contributed by atoms with Crippen molar-refractivity contribution in [3.05, 3.63) is 52.0 Å². The van der Waals surface area contributed by atoms with Crippen molar-refractivity contribution in [3.63, 3.8) is 0 Å². The fourth-order valence-electron chi connectivity index (χ4n) is 3.01. The summed E-state index contributed by atoms with van der Waals surface area (Å²) in [6.07, 6.45) is 0. The number of aromatic nitrogens is 2. The highest BCUT2D eigenvalue weighted by Crippen LogP contribution is 2.35. The Morgan fingerprint density at radius 1 is 1.09 bits per heavy atom. The number of hydrogen-bond donors (Lipinski definition) is 2. The van der Waals surface area contributed by atoms with Gasteiger partial charge in [-0.1, -0.05) is 0 Å². The first-order valence-corrected chi connectivity index (χ1v) is 11.0. The number of aromatic amines is 1. The number of H-pyrrole nitrogens is 1. The summed E-state index contributed by atoms with van der Waals surface area (Å²) in [4.78, 5) is 37.8. The molecule has 180 valence electrons. The average molecular weight is 493 g/mol. The summed E-state index contributed by atoms with van der Waals surface area (Å²) >= 11 is 0.904. The van der Waals surface area contributed by atoms with E-state index in [2.05, 4.69) is 20.3 Å². The molecule has 1 aromatic carbocycles. The van der Waals surface area contributed by atoms with Crippen molar-refractivity contribution in [1.82, 2.24) is 10.2 Å². The van der Waals surface area contributed by atoms with Crippen molar-refractivity contribution < 1.29 is 37.4 Å². The maximum atomic E-state index is 12.8. The molecule has 0 aliphatic heterocycles. The van der Waals surface area contributed by atoms with Crippen LogP contribution in [0.4, 0.5) is 13.8 Å².